The summed E-state index contributed by atoms with van der Waals surface area (Å²) in [6.07, 6.45) is -4.77. The number of benzene rings is 1. The van der Waals surface area contributed by atoms with E-state index in [1.54, 1.807) is 0 Å². The molecule has 1 aromatic heterocycles. The number of hydrogen-bond acceptors (Lipinski definition) is 5. The molecule has 0 amide bonds. The molecule has 1 heterocycles. The van der Waals surface area contributed by atoms with Gasteiger partial charge in [-0.3, -0.25) is 11.3 Å². The average Bonchev–Trinajstić information content (AvgIpc) is 2.81. The Labute approximate surface area is 116 Å². The number of alkyl halides is 3. The van der Waals surface area contributed by atoms with Gasteiger partial charge in [0.15, 0.2) is 5.82 Å². The summed E-state index contributed by atoms with van der Waals surface area (Å²) in [6, 6.07) is 2.12. The maximum absolute atomic E-state index is 14.0. The lowest BCUT2D eigenvalue weighted by Gasteiger charge is -2.17. The molecule has 1 unspecified atom stereocenters. The largest absolute Gasteiger partial charge is 0.419 e. The maximum Gasteiger partial charge on any atom is 0.419 e. The van der Waals surface area contributed by atoms with Crippen molar-refractivity contribution >= 4 is 0 Å². The van der Waals surface area contributed by atoms with Crippen molar-refractivity contribution in [2.24, 2.45) is 12.9 Å². The van der Waals surface area contributed by atoms with Gasteiger partial charge in [-0.05, 0) is 11.3 Å². The van der Waals surface area contributed by atoms with Crippen molar-refractivity contribution in [3.8, 4) is 0 Å². The van der Waals surface area contributed by atoms with Crippen LogP contribution in [0.2, 0.25) is 0 Å². The van der Waals surface area contributed by atoms with Crippen LogP contribution in [0.1, 0.15) is 23.0 Å². The highest BCUT2D eigenvalue weighted by atomic mass is 19.4. The lowest BCUT2D eigenvalue weighted by atomic mass is 10.0. The molecule has 0 saturated carbocycles. The van der Waals surface area contributed by atoms with Gasteiger partial charge in [0.25, 0.3) is 0 Å². The summed E-state index contributed by atoms with van der Waals surface area (Å²) < 4.78 is 52.1. The SMILES string of the molecule is Cn1nnc(CC(NN)c2cccc(C(F)(F)F)c2F)n1. The third-order valence-corrected chi connectivity index (χ3v) is 2.85. The van der Waals surface area contributed by atoms with Crippen LogP contribution in [0.15, 0.2) is 18.2 Å². The number of aryl methyl sites for hydroxylation is 1. The van der Waals surface area contributed by atoms with Gasteiger partial charge >= 0.3 is 6.18 Å². The molecule has 1 atom stereocenters. The Kier molecular flexibility index (Phi) is 4.19. The van der Waals surface area contributed by atoms with E-state index in [0.717, 1.165) is 6.07 Å². The summed E-state index contributed by atoms with van der Waals surface area (Å²) in [5.74, 6) is 4.18. The molecule has 114 valence electrons. The molecule has 0 spiro atoms. The fourth-order valence-electron chi connectivity index (χ4n) is 1.88. The Bertz CT molecular complexity index is 623. The Hall–Kier alpha value is -2.07. The molecule has 3 N–H and O–H groups in total. The highest BCUT2D eigenvalue weighted by molar-refractivity contribution is 5.30. The summed E-state index contributed by atoms with van der Waals surface area (Å²) in [4.78, 5) is 1.19. The van der Waals surface area contributed by atoms with Crippen LogP contribution >= 0.6 is 0 Å². The van der Waals surface area contributed by atoms with E-state index in [9.17, 15) is 17.6 Å². The molecule has 0 radical (unpaired) electrons. The van der Waals surface area contributed by atoms with E-state index >= 15 is 0 Å². The summed E-state index contributed by atoms with van der Waals surface area (Å²) in [5, 5.41) is 11.2. The number of tetrazole rings is 1. The summed E-state index contributed by atoms with van der Waals surface area (Å²) in [6.45, 7) is 0. The molecular formula is C11H12F4N6. The third-order valence-electron chi connectivity index (χ3n) is 2.85. The van der Waals surface area contributed by atoms with Crippen molar-refractivity contribution in [2.75, 3.05) is 0 Å². The van der Waals surface area contributed by atoms with Gasteiger partial charge in [0, 0.05) is 12.0 Å². The van der Waals surface area contributed by atoms with E-state index in [4.69, 9.17) is 5.84 Å². The number of aromatic nitrogens is 4. The Morgan fingerprint density at radius 2 is 2.10 bits per heavy atom. The summed E-state index contributed by atoms with van der Waals surface area (Å²) in [7, 11) is 1.53. The quantitative estimate of drug-likeness (QED) is 0.502. The Morgan fingerprint density at radius 3 is 2.62 bits per heavy atom. The van der Waals surface area contributed by atoms with Crippen LogP contribution in [0.4, 0.5) is 17.6 Å². The molecular weight excluding hydrogens is 292 g/mol. The zero-order chi connectivity index (χ0) is 15.6. The Morgan fingerprint density at radius 1 is 1.38 bits per heavy atom. The zero-order valence-corrected chi connectivity index (χ0v) is 10.9. The smallest absolute Gasteiger partial charge is 0.271 e. The van der Waals surface area contributed by atoms with Gasteiger partial charge < -0.3 is 0 Å². The normalized spacial score (nSPS) is 13.4. The van der Waals surface area contributed by atoms with E-state index in [-0.39, 0.29) is 17.8 Å². The molecule has 1 aromatic carbocycles. The van der Waals surface area contributed by atoms with E-state index < -0.39 is 23.6 Å². The van der Waals surface area contributed by atoms with Crippen molar-refractivity contribution in [1.82, 2.24) is 25.6 Å². The topological polar surface area (TPSA) is 81.7 Å². The molecule has 0 bridgehead atoms. The molecule has 0 aliphatic heterocycles. The second kappa shape index (κ2) is 5.74. The number of hydrogen-bond donors (Lipinski definition) is 2. The van der Waals surface area contributed by atoms with Gasteiger partial charge in [0.05, 0.1) is 18.7 Å². The highest BCUT2D eigenvalue weighted by Gasteiger charge is 2.35. The predicted molar refractivity (Wildman–Crippen MR) is 64.0 cm³/mol. The van der Waals surface area contributed by atoms with Gasteiger partial charge in [-0.15, -0.1) is 10.2 Å². The van der Waals surface area contributed by atoms with E-state index in [2.05, 4.69) is 20.8 Å². The number of nitrogens with zero attached hydrogens (tertiary/aromatic N) is 4. The van der Waals surface area contributed by atoms with Crippen molar-refractivity contribution in [3.63, 3.8) is 0 Å². The second-order valence-electron chi connectivity index (χ2n) is 4.33. The third kappa shape index (κ3) is 3.34. The van der Waals surface area contributed by atoms with Crippen molar-refractivity contribution in [1.29, 1.82) is 0 Å². The van der Waals surface area contributed by atoms with Crippen molar-refractivity contribution in [3.05, 3.63) is 41.0 Å². The summed E-state index contributed by atoms with van der Waals surface area (Å²) in [5.41, 5.74) is 0.722. The molecule has 6 nitrogen and oxygen atoms in total. The molecule has 21 heavy (non-hydrogen) atoms. The lowest BCUT2D eigenvalue weighted by Crippen LogP contribution is -2.31. The first-order valence-electron chi connectivity index (χ1n) is 5.87. The maximum atomic E-state index is 14.0. The number of rotatable bonds is 4. The van der Waals surface area contributed by atoms with Crippen LogP contribution in [-0.2, 0) is 19.6 Å². The van der Waals surface area contributed by atoms with Gasteiger partial charge in [0.1, 0.15) is 5.82 Å². The van der Waals surface area contributed by atoms with Crippen molar-refractivity contribution < 1.29 is 17.6 Å². The second-order valence-corrected chi connectivity index (χ2v) is 4.33. The number of halogens is 4. The molecule has 0 aliphatic carbocycles. The van der Waals surface area contributed by atoms with Gasteiger partial charge in [0.2, 0.25) is 0 Å². The molecule has 10 heteroatoms. The van der Waals surface area contributed by atoms with Crippen LogP contribution in [0.3, 0.4) is 0 Å². The van der Waals surface area contributed by atoms with Crippen molar-refractivity contribution in [2.45, 2.75) is 18.6 Å². The zero-order valence-electron chi connectivity index (χ0n) is 10.9. The highest BCUT2D eigenvalue weighted by Crippen LogP contribution is 2.34. The number of nitrogens with one attached hydrogen (secondary N) is 1. The van der Waals surface area contributed by atoms with Gasteiger partial charge in [-0.2, -0.15) is 18.0 Å². The van der Waals surface area contributed by atoms with E-state index in [1.165, 1.54) is 17.9 Å². The van der Waals surface area contributed by atoms with Gasteiger partial charge in [-0.25, -0.2) is 4.39 Å². The first-order valence-corrected chi connectivity index (χ1v) is 5.87. The Balaban J connectivity index is 2.34. The minimum absolute atomic E-state index is 0.00255. The van der Waals surface area contributed by atoms with Crippen LogP contribution in [0.5, 0.6) is 0 Å². The standard InChI is InChI=1S/C11H12F4N6/c1-21-19-9(18-20-21)5-8(17-16)6-3-2-4-7(10(6)12)11(13,14)15/h2-4,8,17H,5,16H2,1H3. The predicted octanol–water partition coefficient (Wildman–Crippen LogP) is 1.12. The monoisotopic (exact) mass is 304 g/mol. The van der Waals surface area contributed by atoms with E-state index in [1.807, 2.05) is 0 Å². The fraction of sp³-hybridized carbons (Fsp3) is 0.364. The molecule has 2 aromatic rings. The first-order chi connectivity index (χ1) is 9.82. The van der Waals surface area contributed by atoms with Crippen LogP contribution in [0, 0.1) is 5.82 Å². The molecule has 0 aliphatic rings. The fourth-order valence-corrected chi connectivity index (χ4v) is 1.88. The first kappa shape index (κ1) is 15.3. The van der Waals surface area contributed by atoms with E-state index in [0.29, 0.717) is 6.07 Å². The molecule has 0 saturated heterocycles. The number of hydrazine groups is 1. The minimum atomic E-state index is -4.77. The minimum Gasteiger partial charge on any atom is -0.271 e. The van der Waals surface area contributed by atoms with Crippen LogP contribution < -0.4 is 11.3 Å². The number of nitrogens with two attached hydrogens (primary N) is 1. The molecule has 2 rings (SSSR count). The summed E-state index contributed by atoms with van der Waals surface area (Å²) >= 11 is 0. The lowest BCUT2D eigenvalue weighted by molar-refractivity contribution is -0.140. The van der Waals surface area contributed by atoms with Crippen LogP contribution in [-0.4, -0.2) is 20.2 Å². The average molecular weight is 304 g/mol. The van der Waals surface area contributed by atoms with Crippen LogP contribution in [0.25, 0.3) is 0 Å². The molecule has 0 fully saturated rings. The van der Waals surface area contributed by atoms with Gasteiger partial charge in [-0.1, -0.05) is 12.1 Å².